The molecule has 1 aliphatic carbocycles. The topological polar surface area (TPSA) is 134 Å². The van der Waals surface area contributed by atoms with Gasteiger partial charge in [0, 0.05) is 30.2 Å². The van der Waals surface area contributed by atoms with Gasteiger partial charge in [0.1, 0.15) is 18.2 Å². The number of likely N-dealkylation sites (N-methyl/N-ethyl adjacent to an activating group) is 1. The lowest BCUT2D eigenvalue weighted by atomic mass is 10.0. The van der Waals surface area contributed by atoms with E-state index in [2.05, 4.69) is 42.6 Å². The summed E-state index contributed by atoms with van der Waals surface area (Å²) in [6.45, 7) is 4.19. The Hall–Kier alpha value is -2.66. The van der Waals surface area contributed by atoms with Crippen LogP contribution < -0.4 is 14.9 Å². The first-order valence-corrected chi connectivity index (χ1v) is 16.3. The zero-order chi connectivity index (χ0) is 29.7. The van der Waals surface area contributed by atoms with Gasteiger partial charge in [0.15, 0.2) is 5.13 Å². The summed E-state index contributed by atoms with van der Waals surface area (Å²) in [6.07, 6.45) is 2.07. The van der Waals surface area contributed by atoms with Crippen LogP contribution in [0.15, 0.2) is 35.2 Å². The quantitative estimate of drug-likeness (QED) is 0.238. The SMILES string of the molecule is CNS(=O)(=O)c1cc(-c2sc(Nc3cccc(N(C)C(=O)COC)n3)nc2C)cc2c1C(=O)N([C@@H](C)C1(I)CC1)C2. The molecule has 0 unspecified atom stereocenters. The second-order valence-corrected chi connectivity index (χ2v) is 15.2. The van der Waals surface area contributed by atoms with Crippen molar-refractivity contribution in [2.45, 2.75) is 47.6 Å². The Labute approximate surface area is 256 Å². The van der Waals surface area contributed by atoms with E-state index in [1.54, 1.807) is 36.2 Å². The molecule has 14 heteroatoms. The maximum Gasteiger partial charge on any atom is 0.256 e. The zero-order valence-corrected chi connectivity index (χ0v) is 27.1. The number of thiazole rings is 1. The van der Waals surface area contributed by atoms with Gasteiger partial charge in [-0.15, -0.1) is 0 Å². The molecular weight excluding hydrogens is 679 g/mol. The normalized spacial score (nSPS) is 16.4. The Kier molecular flexibility index (Phi) is 8.15. The standard InChI is InChI=1S/C27H31IN6O5S2/c1-15-24(40-26(30-15)32-20-7-6-8-21(31-20)33(4)22(35)14-39-5)17-11-18-13-34(16(2)27(28)9-10-27)25(36)23(18)19(12-17)41(37,38)29-3/h6-8,11-12,16,29H,9-10,13-14H2,1-5H3,(H,30,31,32)/t16-/m0/s1. The highest BCUT2D eigenvalue weighted by Crippen LogP contribution is 2.51. The Morgan fingerprint density at radius 3 is 2.68 bits per heavy atom. The monoisotopic (exact) mass is 710 g/mol. The number of alkyl halides is 1. The molecule has 0 saturated heterocycles. The number of aromatic nitrogens is 2. The minimum absolute atomic E-state index is 0.00960. The van der Waals surface area contributed by atoms with Gasteiger partial charge in [-0.1, -0.05) is 40.0 Å². The van der Waals surface area contributed by atoms with E-state index in [0.717, 1.165) is 17.7 Å². The second kappa shape index (κ2) is 11.2. The third-order valence-corrected chi connectivity index (χ3v) is 12.1. The average molecular weight is 711 g/mol. The number of carbonyl (C=O) groups is 2. The van der Waals surface area contributed by atoms with Gasteiger partial charge in [0.05, 0.1) is 21.0 Å². The van der Waals surface area contributed by atoms with Crippen LogP contribution in [-0.4, -0.2) is 72.4 Å². The molecule has 3 aromatic rings. The van der Waals surface area contributed by atoms with E-state index in [1.165, 1.54) is 30.4 Å². The molecule has 1 fully saturated rings. The summed E-state index contributed by atoms with van der Waals surface area (Å²) >= 11 is 3.77. The molecule has 2 aromatic heterocycles. The first kappa shape index (κ1) is 29.8. The summed E-state index contributed by atoms with van der Waals surface area (Å²) < 4.78 is 33.6. The lowest BCUT2D eigenvalue weighted by molar-refractivity contribution is -0.121. The number of hydrogen-bond acceptors (Lipinski definition) is 9. The van der Waals surface area contributed by atoms with Gasteiger partial charge in [-0.25, -0.2) is 23.1 Å². The number of benzene rings is 1. The number of ether oxygens (including phenoxy) is 1. The highest BCUT2D eigenvalue weighted by atomic mass is 127. The number of pyridine rings is 1. The number of methoxy groups -OCH3 is 1. The van der Waals surface area contributed by atoms with Gasteiger partial charge in [0.2, 0.25) is 10.0 Å². The molecule has 11 nitrogen and oxygen atoms in total. The van der Waals surface area contributed by atoms with Crippen molar-refractivity contribution in [1.29, 1.82) is 0 Å². The summed E-state index contributed by atoms with van der Waals surface area (Å²) in [5.74, 6) is 0.467. The van der Waals surface area contributed by atoms with E-state index in [9.17, 15) is 18.0 Å². The predicted octanol–water partition coefficient (Wildman–Crippen LogP) is 4.09. The molecule has 0 spiro atoms. The van der Waals surface area contributed by atoms with Gasteiger partial charge >= 0.3 is 0 Å². The highest BCUT2D eigenvalue weighted by molar-refractivity contribution is 14.1. The predicted molar refractivity (Wildman–Crippen MR) is 167 cm³/mol. The van der Waals surface area contributed by atoms with Crippen LogP contribution in [0.3, 0.4) is 0 Å². The van der Waals surface area contributed by atoms with Crippen molar-refractivity contribution in [2.75, 3.05) is 38.0 Å². The van der Waals surface area contributed by atoms with Gasteiger partial charge in [-0.05, 0) is 69.1 Å². The summed E-state index contributed by atoms with van der Waals surface area (Å²) in [4.78, 5) is 38.9. The van der Waals surface area contributed by atoms with Crippen LogP contribution in [0.4, 0.5) is 16.8 Å². The number of hydrogen-bond donors (Lipinski definition) is 2. The van der Waals surface area contributed by atoms with Gasteiger partial charge in [-0.3, -0.25) is 14.5 Å². The van der Waals surface area contributed by atoms with E-state index in [-0.39, 0.29) is 38.3 Å². The maximum absolute atomic E-state index is 13.5. The third kappa shape index (κ3) is 5.71. The van der Waals surface area contributed by atoms with Gasteiger partial charge < -0.3 is 15.0 Å². The van der Waals surface area contributed by atoms with Gasteiger partial charge in [-0.2, -0.15) is 0 Å². The molecule has 41 heavy (non-hydrogen) atoms. The van der Waals surface area contributed by atoms with Crippen LogP contribution >= 0.6 is 33.9 Å². The Bertz CT molecular complexity index is 1640. The molecule has 2 amide bonds. The molecule has 0 radical (unpaired) electrons. The fourth-order valence-electron chi connectivity index (χ4n) is 4.88. The van der Waals surface area contributed by atoms with Crippen LogP contribution in [0.2, 0.25) is 0 Å². The lowest BCUT2D eigenvalue weighted by Crippen LogP contribution is -2.40. The number of aryl methyl sites for hydroxylation is 1. The zero-order valence-electron chi connectivity index (χ0n) is 23.3. The van der Waals surface area contributed by atoms with E-state index in [0.29, 0.717) is 40.1 Å². The van der Waals surface area contributed by atoms with Gasteiger partial charge in [0.25, 0.3) is 11.8 Å². The minimum Gasteiger partial charge on any atom is -0.375 e. The second-order valence-electron chi connectivity index (χ2n) is 10.2. The molecular formula is C27H31IN6O5S2. The van der Waals surface area contributed by atoms with Crippen LogP contribution in [-0.2, 0) is 26.1 Å². The van der Waals surface area contributed by atoms with Crippen molar-refractivity contribution >= 4 is 72.5 Å². The summed E-state index contributed by atoms with van der Waals surface area (Å²) in [6, 6.07) is 8.73. The van der Waals surface area contributed by atoms with E-state index in [4.69, 9.17) is 4.74 Å². The first-order valence-electron chi connectivity index (χ1n) is 13.0. The molecule has 5 rings (SSSR count). The van der Waals surface area contributed by atoms with Crippen LogP contribution in [0.5, 0.6) is 0 Å². The van der Waals surface area contributed by atoms with Crippen molar-refractivity contribution in [3.63, 3.8) is 0 Å². The summed E-state index contributed by atoms with van der Waals surface area (Å²) in [5, 5.41) is 3.75. The smallest absolute Gasteiger partial charge is 0.256 e. The molecule has 1 atom stereocenters. The molecule has 218 valence electrons. The van der Waals surface area contributed by atoms with Crippen LogP contribution in [0, 0.1) is 6.92 Å². The summed E-state index contributed by atoms with van der Waals surface area (Å²) in [7, 11) is 0.515. The lowest BCUT2D eigenvalue weighted by Gasteiger charge is -2.28. The molecule has 1 aromatic carbocycles. The minimum atomic E-state index is -3.92. The van der Waals surface area contributed by atoms with Crippen molar-refractivity contribution in [3.8, 4) is 10.4 Å². The Morgan fingerprint density at radius 1 is 1.29 bits per heavy atom. The van der Waals surface area contributed by atoms with Crippen molar-refractivity contribution in [1.82, 2.24) is 19.6 Å². The largest absolute Gasteiger partial charge is 0.375 e. The fraction of sp³-hybridized carbons (Fsp3) is 0.407. The first-order chi connectivity index (χ1) is 19.4. The molecule has 1 saturated carbocycles. The van der Waals surface area contributed by atoms with Crippen LogP contribution in [0.25, 0.3) is 10.4 Å². The Morgan fingerprint density at radius 2 is 2.02 bits per heavy atom. The number of nitrogens with one attached hydrogen (secondary N) is 2. The summed E-state index contributed by atoms with van der Waals surface area (Å²) in [5.41, 5.74) is 2.30. The fourth-order valence-corrected chi connectivity index (χ4v) is 7.43. The van der Waals surface area contributed by atoms with E-state index in [1.807, 2.05) is 19.9 Å². The van der Waals surface area contributed by atoms with E-state index < -0.39 is 10.0 Å². The van der Waals surface area contributed by atoms with Crippen LogP contribution in [0.1, 0.15) is 41.4 Å². The maximum atomic E-state index is 13.5. The average Bonchev–Trinajstić information content (AvgIpc) is 3.47. The van der Waals surface area contributed by atoms with E-state index >= 15 is 0 Å². The number of rotatable bonds is 10. The number of amides is 2. The number of anilines is 3. The molecule has 2 N–H and O–H groups in total. The highest BCUT2D eigenvalue weighted by Gasteiger charge is 2.50. The number of nitrogens with zero attached hydrogens (tertiary/aromatic N) is 4. The number of halogens is 1. The van der Waals surface area contributed by atoms with Crippen molar-refractivity contribution in [2.24, 2.45) is 0 Å². The number of fused-ring (bicyclic) bond motifs is 1. The molecule has 0 bridgehead atoms. The number of carbonyl (C=O) groups excluding carboxylic acids is 2. The third-order valence-electron chi connectivity index (χ3n) is 7.52. The van der Waals surface area contributed by atoms with Crippen molar-refractivity contribution in [3.05, 3.63) is 47.2 Å². The molecule has 1 aliphatic heterocycles. The molecule has 3 heterocycles. The van der Waals surface area contributed by atoms with Crippen molar-refractivity contribution < 1.29 is 22.7 Å². The Balaban J connectivity index is 1.48. The number of sulfonamides is 1. The molecule has 2 aliphatic rings.